The maximum atomic E-state index is 3.61. The van der Waals surface area contributed by atoms with Crippen molar-refractivity contribution in [1.29, 1.82) is 0 Å². The van der Waals surface area contributed by atoms with Crippen LogP contribution < -0.4 is 0 Å². The van der Waals surface area contributed by atoms with Gasteiger partial charge in [0.2, 0.25) is 0 Å². The summed E-state index contributed by atoms with van der Waals surface area (Å²) in [6, 6.07) is 4.59. The summed E-state index contributed by atoms with van der Waals surface area (Å²) in [5.74, 6) is 1.25. The van der Waals surface area contributed by atoms with Crippen LogP contribution in [-0.4, -0.2) is 5.75 Å². The molecule has 3 heteroatoms. The second kappa shape index (κ2) is 3.98. The first kappa shape index (κ1) is 11.3. The van der Waals surface area contributed by atoms with Gasteiger partial charge in [0.1, 0.15) is 0 Å². The third kappa shape index (κ3) is 2.00. The highest BCUT2D eigenvalue weighted by Crippen LogP contribution is 2.43. The van der Waals surface area contributed by atoms with Gasteiger partial charge in [0.25, 0.3) is 0 Å². The van der Waals surface area contributed by atoms with Crippen molar-refractivity contribution in [1.82, 2.24) is 0 Å². The molecule has 0 bridgehead atoms. The average molecular weight is 383 g/mol. The Balaban J connectivity index is 2.59. The Kier molecular flexibility index (Phi) is 3.20. The monoisotopic (exact) mass is 382 g/mol. The van der Waals surface area contributed by atoms with Crippen LogP contribution in [-0.2, 0) is 5.41 Å². The van der Waals surface area contributed by atoms with E-state index in [1.54, 1.807) is 0 Å². The van der Waals surface area contributed by atoms with Gasteiger partial charge in [0.05, 0.1) is 0 Å². The summed E-state index contributed by atoms with van der Waals surface area (Å²) in [6.45, 7) is 4.68. The van der Waals surface area contributed by atoms with Crippen LogP contribution in [0.15, 0.2) is 21.5 Å². The van der Waals surface area contributed by atoms with Gasteiger partial charge < -0.3 is 0 Å². The molecular weight excluding hydrogens is 371 g/mol. The molecule has 0 atom stereocenters. The summed E-state index contributed by atoms with van der Waals surface area (Å²) in [6.07, 6.45) is 1.28. The Bertz CT molecular complexity index is 374. The van der Waals surface area contributed by atoms with Crippen LogP contribution in [0.2, 0.25) is 0 Å². The predicted octanol–water partition coefficient (Wildman–Crippen LogP) is 4.83. The highest BCUT2D eigenvalue weighted by Gasteiger charge is 2.28. The first-order valence-corrected chi connectivity index (χ1v) is 7.49. The summed E-state index contributed by atoms with van der Waals surface area (Å²) in [7, 11) is 0. The van der Waals surface area contributed by atoms with Crippen LogP contribution in [0.5, 0.6) is 0 Å². The fraction of sp³-hybridized carbons (Fsp3) is 0.455. The Morgan fingerprint density at radius 2 is 2.14 bits per heavy atom. The lowest BCUT2D eigenvalue weighted by molar-refractivity contribution is 0.493. The standard InChI is InChI=1S/C11H12BrIS/c1-11(2)3-4-14-10-6-9(13)8(12)5-7(10)11/h5-6H,3-4H2,1-2H3. The first-order valence-electron chi connectivity index (χ1n) is 4.63. The van der Waals surface area contributed by atoms with E-state index in [4.69, 9.17) is 0 Å². The maximum absolute atomic E-state index is 3.61. The van der Waals surface area contributed by atoms with E-state index in [1.165, 1.54) is 30.7 Å². The molecule has 0 unspecified atom stereocenters. The van der Waals surface area contributed by atoms with E-state index in [0.29, 0.717) is 5.41 Å². The molecule has 0 aliphatic carbocycles. The van der Waals surface area contributed by atoms with E-state index < -0.39 is 0 Å². The topological polar surface area (TPSA) is 0 Å². The molecule has 1 aliphatic rings. The number of hydrogen-bond donors (Lipinski definition) is 0. The van der Waals surface area contributed by atoms with E-state index in [-0.39, 0.29) is 0 Å². The smallest absolute Gasteiger partial charge is 0.0312 e. The van der Waals surface area contributed by atoms with E-state index in [2.05, 4.69) is 64.5 Å². The van der Waals surface area contributed by atoms with E-state index >= 15 is 0 Å². The van der Waals surface area contributed by atoms with Crippen LogP contribution in [0.25, 0.3) is 0 Å². The van der Waals surface area contributed by atoms with Gasteiger partial charge in [0.15, 0.2) is 0 Å². The van der Waals surface area contributed by atoms with Gasteiger partial charge in [-0.05, 0) is 73.8 Å². The minimum Gasteiger partial charge on any atom is -0.126 e. The van der Waals surface area contributed by atoms with Crippen molar-refractivity contribution in [2.45, 2.75) is 30.6 Å². The lowest BCUT2D eigenvalue weighted by Gasteiger charge is -2.32. The zero-order chi connectivity index (χ0) is 10.3. The molecule has 1 heterocycles. The third-order valence-corrected chi connectivity index (χ3v) is 6.08. The number of halogens is 2. The molecule has 0 nitrogen and oxygen atoms in total. The number of thioether (sulfide) groups is 1. The highest BCUT2D eigenvalue weighted by atomic mass is 127. The molecule has 0 aromatic heterocycles. The second-order valence-electron chi connectivity index (χ2n) is 4.24. The first-order chi connectivity index (χ1) is 6.50. The van der Waals surface area contributed by atoms with Crippen molar-refractivity contribution in [2.75, 3.05) is 5.75 Å². The van der Waals surface area contributed by atoms with Crippen LogP contribution in [0.1, 0.15) is 25.8 Å². The molecule has 0 N–H and O–H groups in total. The molecule has 1 aromatic rings. The maximum Gasteiger partial charge on any atom is 0.0312 e. The van der Waals surface area contributed by atoms with Gasteiger partial charge in [0, 0.05) is 12.9 Å². The molecule has 1 aromatic carbocycles. The van der Waals surface area contributed by atoms with Crippen molar-refractivity contribution in [3.8, 4) is 0 Å². The molecule has 0 radical (unpaired) electrons. The zero-order valence-corrected chi connectivity index (χ0v) is 12.8. The molecule has 0 spiro atoms. The van der Waals surface area contributed by atoms with E-state index in [9.17, 15) is 0 Å². The fourth-order valence-electron chi connectivity index (χ4n) is 1.73. The van der Waals surface area contributed by atoms with Crippen molar-refractivity contribution in [2.24, 2.45) is 0 Å². The zero-order valence-electron chi connectivity index (χ0n) is 8.23. The van der Waals surface area contributed by atoms with Crippen molar-refractivity contribution in [3.05, 3.63) is 25.7 Å². The molecule has 0 saturated heterocycles. The average Bonchev–Trinajstić information content (AvgIpc) is 2.08. The number of hydrogen-bond acceptors (Lipinski definition) is 1. The van der Waals surface area contributed by atoms with Gasteiger partial charge in [-0.15, -0.1) is 11.8 Å². The molecule has 0 saturated carbocycles. The van der Waals surface area contributed by atoms with Gasteiger partial charge in [-0.25, -0.2) is 0 Å². The van der Waals surface area contributed by atoms with Gasteiger partial charge in [-0.1, -0.05) is 13.8 Å². The lowest BCUT2D eigenvalue weighted by Crippen LogP contribution is -2.22. The van der Waals surface area contributed by atoms with Crippen molar-refractivity contribution in [3.63, 3.8) is 0 Å². The van der Waals surface area contributed by atoms with Crippen molar-refractivity contribution < 1.29 is 0 Å². The van der Waals surface area contributed by atoms with Crippen LogP contribution in [0.3, 0.4) is 0 Å². The summed E-state index contributed by atoms with van der Waals surface area (Å²) in [5, 5.41) is 0. The largest absolute Gasteiger partial charge is 0.126 e. The predicted molar refractivity (Wildman–Crippen MR) is 75.2 cm³/mol. The Hall–Kier alpha value is 0.780. The minimum atomic E-state index is 0.341. The Labute approximate surface area is 112 Å². The van der Waals surface area contributed by atoms with E-state index in [0.717, 1.165) is 0 Å². The minimum absolute atomic E-state index is 0.341. The summed E-state index contributed by atoms with van der Waals surface area (Å²) in [4.78, 5) is 1.47. The highest BCUT2D eigenvalue weighted by molar-refractivity contribution is 14.1. The number of benzene rings is 1. The molecular formula is C11H12BrIS. The summed E-state index contributed by atoms with van der Waals surface area (Å²) >= 11 is 7.98. The fourth-order valence-corrected chi connectivity index (χ4v) is 4.27. The lowest BCUT2D eigenvalue weighted by atomic mass is 9.82. The number of fused-ring (bicyclic) bond motifs is 1. The van der Waals surface area contributed by atoms with Crippen molar-refractivity contribution >= 4 is 50.3 Å². The molecule has 1 aliphatic heterocycles. The van der Waals surface area contributed by atoms with Crippen LogP contribution >= 0.6 is 50.3 Å². The molecule has 0 amide bonds. The van der Waals surface area contributed by atoms with Gasteiger partial charge >= 0.3 is 0 Å². The molecule has 2 rings (SSSR count). The Morgan fingerprint density at radius 3 is 2.86 bits per heavy atom. The molecule has 76 valence electrons. The quantitative estimate of drug-likeness (QED) is 0.579. The van der Waals surface area contributed by atoms with Crippen LogP contribution in [0, 0.1) is 3.57 Å². The number of rotatable bonds is 0. The summed E-state index contributed by atoms with van der Waals surface area (Å²) in [5.41, 5.74) is 1.84. The second-order valence-corrected chi connectivity index (χ2v) is 7.40. The molecule has 14 heavy (non-hydrogen) atoms. The SMILES string of the molecule is CC1(C)CCSc2cc(I)c(Br)cc21. The normalized spacial score (nSPS) is 19.1. The van der Waals surface area contributed by atoms with Gasteiger partial charge in [-0.3, -0.25) is 0 Å². The Morgan fingerprint density at radius 1 is 1.43 bits per heavy atom. The van der Waals surface area contributed by atoms with Gasteiger partial charge in [-0.2, -0.15) is 0 Å². The van der Waals surface area contributed by atoms with Crippen LogP contribution in [0.4, 0.5) is 0 Å². The summed E-state index contributed by atoms with van der Waals surface area (Å²) < 4.78 is 2.54. The van der Waals surface area contributed by atoms with E-state index in [1.807, 2.05) is 11.8 Å². The third-order valence-electron chi connectivity index (χ3n) is 2.74. The molecule has 0 fully saturated rings.